The number of aromatic nitrogens is 2. The zero-order valence-electron chi connectivity index (χ0n) is 15.3. The van der Waals surface area contributed by atoms with Gasteiger partial charge in [-0.05, 0) is 46.6 Å². The van der Waals surface area contributed by atoms with Crippen molar-refractivity contribution in [3.63, 3.8) is 0 Å². The Morgan fingerprint density at radius 1 is 1.31 bits per heavy atom. The number of benzene rings is 2. The van der Waals surface area contributed by atoms with Crippen LogP contribution in [-0.2, 0) is 6.42 Å². The number of fused-ring (bicyclic) bond motifs is 1. The Morgan fingerprint density at radius 3 is 2.76 bits per heavy atom. The minimum absolute atomic E-state index is 0.160. The first kappa shape index (κ1) is 21.1. The minimum atomic E-state index is -0.689. The zero-order chi connectivity index (χ0) is 21.1. The maximum Gasteiger partial charge on any atom is 0.312 e. The number of nitro benzene ring substituents is 1. The Labute approximate surface area is 182 Å². The summed E-state index contributed by atoms with van der Waals surface area (Å²) in [5, 5.41) is 25.6. The molecule has 29 heavy (non-hydrogen) atoms. The van der Waals surface area contributed by atoms with Crippen molar-refractivity contribution in [1.82, 2.24) is 9.66 Å². The Morgan fingerprint density at radius 2 is 2.07 bits per heavy atom. The maximum absolute atomic E-state index is 13.0. The number of nitro groups is 1. The second-order valence-electron chi connectivity index (χ2n) is 6.28. The van der Waals surface area contributed by atoms with Gasteiger partial charge < -0.3 is 5.11 Å². The molecule has 0 saturated carbocycles. The third-order valence-corrected chi connectivity index (χ3v) is 5.31. The van der Waals surface area contributed by atoms with E-state index in [1.54, 1.807) is 12.1 Å². The number of halogens is 2. The molecular formula is C19H16Br2N4O4. The summed E-state index contributed by atoms with van der Waals surface area (Å²) in [5.74, 6) is 0.0421. The summed E-state index contributed by atoms with van der Waals surface area (Å²) in [6.45, 7) is 2.04. The maximum atomic E-state index is 13.0. The van der Waals surface area contributed by atoms with E-state index < -0.39 is 16.4 Å². The van der Waals surface area contributed by atoms with E-state index in [0.717, 1.165) is 17.3 Å². The first-order valence-electron chi connectivity index (χ1n) is 8.74. The van der Waals surface area contributed by atoms with Gasteiger partial charge >= 0.3 is 5.69 Å². The van der Waals surface area contributed by atoms with Gasteiger partial charge in [-0.3, -0.25) is 14.9 Å². The zero-order valence-corrected chi connectivity index (χ0v) is 18.5. The lowest BCUT2D eigenvalue weighted by Gasteiger charge is -2.09. The summed E-state index contributed by atoms with van der Waals surface area (Å²) in [7, 11) is 0. The summed E-state index contributed by atoms with van der Waals surface area (Å²) >= 11 is 6.45. The number of unbranched alkanes of at least 4 members (excludes halogenated alkanes) is 1. The number of aromatic hydroxyl groups is 1. The smallest absolute Gasteiger partial charge is 0.312 e. The van der Waals surface area contributed by atoms with Gasteiger partial charge in [-0.25, -0.2) is 4.98 Å². The van der Waals surface area contributed by atoms with Gasteiger partial charge in [-0.1, -0.05) is 29.3 Å². The van der Waals surface area contributed by atoms with Crippen LogP contribution in [0.5, 0.6) is 5.75 Å². The summed E-state index contributed by atoms with van der Waals surface area (Å²) in [6, 6.07) is 7.94. The molecule has 150 valence electrons. The van der Waals surface area contributed by atoms with Crippen molar-refractivity contribution >= 4 is 54.7 Å². The quantitative estimate of drug-likeness (QED) is 0.284. The van der Waals surface area contributed by atoms with Crippen LogP contribution < -0.4 is 5.56 Å². The van der Waals surface area contributed by atoms with Crippen LogP contribution in [0.25, 0.3) is 10.9 Å². The van der Waals surface area contributed by atoms with Gasteiger partial charge in [-0.2, -0.15) is 9.78 Å². The third-order valence-electron chi connectivity index (χ3n) is 4.21. The van der Waals surface area contributed by atoms with Crippen LogP contribution in [0.15, 0.2) is 49.2 Å². The van der Waals surface area contributed by atoms with E-state index in [-0.39, 0.29) is 10.0 Å². The second-order valence-corrected chi connectivity index (χ2v) is 8.05. The number of phenols is 1. The lowest BCUT2D eigenvalue weighted by atomic mass is 10.2. The molecule has 0 saturated heterocycles. The lowest BCUT2D eigenvalue weighted by molar-refractivity contribution is -0.386. The molecule has 0 aliphatic heterocycles. The van der Waals surface area contributed by atoms with Crippen molar-refractivity contribution in [2.75, 3.05) is 0 Å². The lowest BCUT2D eigenvalue weighted by Crippen LogP contribution is -2.22. The van der Waals surface area contributed by atoms with Crippen LogP contribution >= 0.6 is 31.9 Å². The van der Waals surface area contributed by atoms with E-state index in [1.165, 1.54) is 23.0 Å². The van der Waals surface area contributed by atoms with Gasteiger partial charge in [0.2, 0.25) is 5.75 Å². The highest BCUT2D eigenvalue weighted by atomic mass is 79.9. The van der Waals surface area contributed by atoms with Crippen molar-refractivity contribution in [2.24, 2.45) is 5.10 Å². The molecule has 3 aromatic rings. The predicted octanol–water partition coefficient (Wildman–Crippen LogP) is 4.76. The molecule has 0 radical (unpaired) electrons. The molecule has 10 heteroatoms. The van der Waals surface area contributed by atoms with Crippen LogP contribution in [-0.4, -0.2) is 25.9 Å². The van der Waals surface area contributed by atoms with Crippen LogP contribution in [0.4, 0.5) is 5.69 Å². The number of hydrogen-bond acceptors (Lipinski definition) is 6. The topological polar surface area (TPSA) is 111 Å². The highest BCUT2D eigenvalue weighted by Gasteiger charge is 2.17. The fourth-order valence-corrected chi connectivity index (χ4v) is 3.58. The Hall–Kier alpha value is -2.59. The van der Waals surface area contributed by atoms with E-state index in [2.05, 4.69) is 41.9 Å². The second kappa shape index (κ2) is 8.83. The standard InChI is InChI=1S/C19H16Br2N4O4/c1-2-3-4-17-23-15-6-5-12(20)9-13(15)19(27)24(17)22-10-11-7-14(21)18(26)16(8-11)25(28)29/h5-10,26H,2-4H2,1H3. The molecule has 1 N–H and O–H groups in total. The average Bonchev–Trinajstić information content (AvgIpc) is 2.68. The largest absolute Gasteiger partial charge is 0.501 e. The van der Waals surface area contributed by atoms with Gasteiger partial charge in [-0.15, -0.1) is 0 Å². The molecule has 0 bridgehead atoms. The fourth-order valence-electron chi connectivity index (χ4n) is 2.75. The first-order chi connectivity index (χ1) is 13.8. The molecule has 0 fully saturated rings. The normalized spacial score (nSPS) is 11.4. The summed E-state index contributed by atoms with van der Waals surface area (Å²) in [6.07, 6.45) is 3.66. The van der Waals surface area contributed by atoms with Crippen molar-refractivity contribution in [1.29, 1.82) is 0 Å². The Bertz CT molecular complexity index is 1190. The van der Waals surface area contributed by atoms with Gasteiger partial charge in [0.05, 0.1) is 26.5 Å². The molecule has 0 aliphatic carbocycles. The highest BCUT2D eigenvalue weighted by molar-refractivity contribution is 9.10. The van der Waals surface area contributed by atoms with E-state index in [9.17, 15) is 20.0 Å². The van der Waals surface area contributed by atoms with Crippen molar-refractivity contribution in [2.45, 2.75) is 26.2 Å². The van der Waals surface area contributed by atoms with Crippen LogP contribution in [0.1, 0.15) is 31.2 Å². The summed E-state index contributed by atoms with van der Waals surface area (Å²) in [4.78, 5) is 28.0. The molecular weight excluding hydrogens is 508 g/mol. The van der Waals surface area contributed by atoms with Gasteiger partial charge in [0, 0.05) is 22.5 Å². The third kappa shape index (κ3) is 4.54. The van der Waals surface area contributed by atoms with E-state index >= 15 is 0 Å². The molecule has 3 rings (SSSR count). The van der Waals surface area contributed by atoms with Crippen molar-refractivity contribution in [3.8, 4) is 5.75 Å². The number of hydrogen-bond donors (Lipinski definition) is 1. The molecule has 1 heterocycles. The van der Waals surface area contributed by atoms with Gasteiger partial charge in [0.1, 0.15) is 5.82 Å². The van der Waals surface area contributed by atoms with Crippen LogP contribution in [0.3, 0.4) is 0 Å². The number of phenolic OH excluding ortho intramolecular Hbond substituents is 1. The molecule has 0 atom stereocenters. The van der Waals surface area contributed by atoms with E-state index in [1.807, 2.05) is 13.0 Å². The SMILES string of the molecule is CCCCc1nc2ccc(Br)cc2c(=O)n1N=Cc1cc(Br)c(O)c([N+](=O)[O-])c1. The number of rotatable bonds is 6. The number of nitrogens with zero attached hydrogens (tertiary/aromatic N) is 4. The Kier molecular flexibility index (Phi) is 6.43. The average molecular weight is 524 g/mol. The Balaban J connectivity index is 2.14. The highest BCUT2D eigenvalue weighted by Crippen LogP contribution is 2.34. The molecule has 0 unspecified atom stereocenters. The predicted molar refractivity (Wildman–Crippen MR) is 118 cm³/mol. The van der Waals surface area contributed by atoms with Crippen LogP contribution in [0.2, 0.25) is 0 Å². The molecule has 0 aliphatic rings. The minimum Gasteiger partial charge on any atom is -0.501 e. The van der Waals surface area contributed by atoms with Gasteiger partial charge in [0.15, 0.2) is 0 Å². The van der Waals surface area contributed by atoms with Crippen LogP contribution in [0, 0.1) is 10.1 Å². The molecule has 0 spiro atoms. The van der Waals surface area contributed by atoms with E-state index in [4.69, 9.17) is 0 Å². The first-order valence-corrected chi connectivity index (χ1v) is 10.3. The summed E-state index contributed by atoms with van der Waals surface area (Å²) < 4.78 is 2.13. The molecule has 8 nitrogen and oxygen atoms in total. The molecule has 0 amide bonds. The van der Waals surface area contributed by atoms with Crippen molar-refractivity contribution in [3.05, 3.63) is 71.1 Å². The van der Waals surface area contributed by atoms with E-state index in [0.29, 0.717) is 28.7 Å². The molecule has 1 aromatic heterocycles. The van der Waals surface area contributed by atoms with Gasteiger partial charge in [0.25, 0.3) is 5.56 Å². The monoisotopic (exact) mass is 522 g/mol. The molecule has 2 aromatic carbocycles. The van der Waals surface area contributed by atoms with Crippen molar-refractivity contribution < 1.29 is 10.0 Å². The summed E-state index contributed by atoms with van der Waals surface area (Å²) in [5.41, 5.74) is 0.147. The number of aryl methyl sites for hydroxylation is 1. The fraction of sp³-hybridized carbons (Fsp3) is 0.211.